The van der Waals surface area contributed by atoms with Crippen LogP contribution in [0.1, 0.15) is 12.5 Å². The van der Waals surface area contributed by atoms with Crippen LogP contribution in [0.15, 0.2) is 60.9 Å². The Morgan fingerprint density at radius 2 is 1.44 bits per heavy atom. The number of anilines is 3. The highest BCUT2D eigenvalue weighted by Gasteiger charge is 2.24. The zero-order valence-electron chi connectivity index (χ0n) is 19.3. The van der Waals surface area contributed by atoms with Crippen molar-refractivity contribution in [2.75, 3.05) is 37.1 Å². The van der Waals surface area contributed by atoms with E-state index in [9.17, 15) is 0 Å². The highest BCUT2D eigenvalue weighted by Crippen LogP contribution is 2.42. The summed E-state index contributed by atoms with van der Waals surface area (Å²) in [7, 11) is 5.82. The lowest BCUT2D eigenvalue weighted by atomic mass is 10.0. The molecule has 6 heteroatoms. The number of hydrogen-bond donors (Lipinski definition) is 3. The van der Waals surface area contributed by atoms with Crippen LogP contribution < -0.4 is 16.0 Å². The van der Waals surface area contributed by atoms with E-state index in [-0.39, 0.29) is 0 Å². The molecule has 3 N–H and O–H groups in total. The lowest BCUT2D eigenvalue weighted by Crippen LogP contribution is -2.06. The number of pyridine rings is 1. The van der Waals surface area contributed by atoms with Gasteiger partial charge >= 0.3 is 0 Å². The van der Waals surface area contributed by atoms with Crippen LogP contribution in [-0.4, -0.2) is 35.7 Å². The lowest BCUT2D eigenvalue weighted by Gasteiger charge is -2.18. The van der Waals surface area contributed by atoms with Crippen molar-refractivity contribution in [1.82, 2.24) is 14.5 Å². The van der Waals surface area contributed by atoms with Gasteiger partial charge in [0.2, 0.25) is 0 Å². The number of benzene rings is 2. The molecule has 0 unspecified atom stereocenters. The van der Waals surface area contributed by atoms with Gasteiger partial charge in [-0.15, -0.1) is 0 Å². The summed E-state index contributed by atoms with van der Waals surface area (Å²) in [6.07, 6.45) is 3.64. The summed E-state index contributed by atoms with van der Waals surface area (Å²) < 4.78 is 2.30. The van der Waals surface area contributed by atoms with Crippen LogP contribution in [0.2, 0.25) is 0 Å². The molecule has 0 spiro atoms. The maximum atomic E-state index is 5.23. The summed E-state index contributed by atoms with van der Waals surface area (Å²) >= 11 is 0. The highest BCUT2D eigenvalue weighted by molar-refractivity contribution is 5.92. The molecule has 0 saturated carbocycles. The zero-order chi connectivity index (χ0) is 22.7. The van der Waals surface area contributed by atoms with Crippen molar-refractivity contribution in [1.29, 1.82) is 0 Å². The van der Waals surface area contributed by atoms with Crippen molar-refractivity contribution in [3.8, 4) is 33.9 Å². The van der Waals surface area contributed by atoms with Crippen molar-refractivity contribution in [2.24, 2.45) is 0 Å². The SMILES string of the molecule is CCn1c(-c2c(NC)cc(NC)cc2NC)nc(-c2ccncc2)c1-c1ccc(C)cc1. The molecular weight excluding hydrogens is 396 g/mol. The van der Waals surface area contributed by atoms with Crippen LogP contribution in [-0.2, 0) is 6.54 Å². The number of aryl methyl sites for hydroxylation is 1. The second-order valence-corrected chi connectivity index (χ2v) is 7.68. The summed E-state index contributed by atoms with van der Waals surface area (Å²) in [5.74, 6) is 0.922. The maximum absolute atomic E-state index is 5.23. The first kappa shape index (κ1) is 21.4. The molecule has 2 heterocycles. The summed E-state index contributed by atoms with van der Waals surface area (Å²) in [6.45, 7) is 5.06. The largest absolute Gasteiger partial charge is 0.388 e. The van der Waals surface area contributed by atoms with Crippen LogP contribution in [0.5, 0.6) is 0 Å². The monoisotopic (exact) mass is 426 g/mol. The average molecular weight is 427 g/mol. The van der Waals surface area contributed by atoms with Gasteiger partial charge in [-0.1, -0.05) is 29.8 Å². The van der Waals surface area contributed by atoms with E-state index in [2.05, 4.69) is 75.7 Å². The molecule has 2 aromatic carbocycles. The van der Waals surface area contributed by atoms with E-state index in [1.807, 2.05) is 45.7 Å². The number of hydrogen-bond acceptors (Lipinski definition) is 5. The number of rotatable bonds is 7. The van der Waals surface area contributed by atoms with Crippen molar-refractivity contribution in [3.63, 3.8) is 0 Å². The molecule has 32 heavy (non-hydrogen) atoms. The first-order valence-electron chi connectivity index (χ1n) is 10.9. The number of nitrogens with one attached hydrogen (secondary N) is 3. The molecule has 0 radical (unpaired) electrons. The molecule has 2 aromatic heterocycles. The predicted octanol–water partition coefficient (Wildman–Crippen LogP) is 5.73. The molecular formula is C26H30N6. The van der Waals surface area contributed by atoms with Crippen molar-refractivity contribution < 1.29 is 0 Å². The third-order valence-electron chi connectivity index (χ3n) is 5.75. The van der Waals surface area contributed by atoms with Crippen LogP contribution >= 0.6 is 0 Å². The molecule has 0 atom stereocenters. The van der Waals surface area contributed by atoms with Gasteiger partial charge in [0.15, 0.2) is 0 Å². The van der Waals surface area contributed by atoms with E-state index in [0.29, 0.717) is 0 Å². The summed E-state index contributed by atoms with van der Waals surface area (Å²) in [6, 6.07) is 16.9. The minimum Gasteiger partial charge on any atom is -0.388 e. The lowest BCUT2D eigenvalue weighted by molar-refractivity contribution is 0.778. The smallest absolute Gasteiger partial charge is 0.145 e. The van der Waals surface area contributed by atoms with Gasteiger partial charge in [0.1, 0.15) is 5.82 Å². The van der Waals surface area contributed by atoms with Crippen LogP contribution in [0.25, 0.3) is 33.9 Å². The first-order chi connectivity index (χ1) is 15.6. The Balaban J connectivity index is 2.06. The van der Waals surface area contributed by atoms with E-state index in [1.165, 1.54) is 5.56 Å². The van der Waals surface area contributed by atoms with Crippen LogP contribution in [0.3, 0.4) is 0 Å². The van der Waals surface area contributed by atoms with E-state index in [4.69, 9.17) is 4.98 Å². The fourth-order valence-corrected chi connectivity index (χ4v) is 4.09. The van der Waals surface area contributed by atoms with Gasteiger partial charge in [-0.2, -0.15) is 0 Å². The Bertz CT molecular complexity index is 1180. The number of nitrogens with zero attached hydrogens (tertiary/aromatic N) is 3. The summed E-state index contributed by atoms with van der Waals surface area (Å²) in [4.78, 5) is 9.43. The third-order valence-corrected chi connectivity index (χ3v) is 5.75. The van der Waals surface area contributed by atoms with Gasteiger partial charge in [-0.3, -0.25) is 4.98 Å². The minimum atomic E-state index is 0.788. The molecule has 0 amide bonds. The molecule has 4 rings (SSSR count). The van der Waals surface area contributed by atoms with Gasteiger partial charge < -0.3 is 20.5 Å². The molecule has 6 nitrogen and oxygen atoms in total. The molecule has 4 aromatic rings. The first-order valence-corrected chi connectivity index (χ1v) is 10.9. The van der Waals surface area contributed by atoms with Crippen LogP contribution in [0.4, 0.5) is 17.1 Å². The van der Waals surface area contributed by atoms with Gasteiger partial charge in [0, 0.05) is 68.3 Å². The topological polar surface area (TPSA) is 66.8 Å². The zero-order valence-corrected chi connectivity index (χ0v) is 19.3. The maximum Gasteiger partial charge on any atom is 0.145 e. The molecule has 0 aliphatic heterocycles. The second kappa shape index (κ2) is 9.14. The molecule has 164 valence electrons. The third kappa shape index (κ3) is 3.80. The Morgan fingerprint density at radius 1 is 0.812 bits per heavy atom. The normalized spacial score (nSPS) is 10.8. The van der Waals surface area contributed by atoms with Gasteiger partial charge in [0.05, 0.1) is 17.0 Å². The molecule has 0 aliphatic carbocycles. The molecule has 0 fully saturated rings. The van der Waals surface area contributed by atoms with Crippen molar-refractivity contribution >= 4 is 17.1 Å². The van der Waals surface area contributed by atoms with Gasteiger partial charge in [-0.25, -0.2) is 4.98 Å². The quantitative estimate of drug-likeness (QED) is 0.352. The van der Waals surface area contributed by atoms with E-state index in [1.54, 1.807) is 0 Å². The van der Waals surface area contributed by atoms with Gasteiger partial charge in [-0.05, 0) is 38.1 Å². The fraction of sp³-hybridized carbons (Fsp3) is 0.231. The Labute approximate surface area is 189 Å². The standard InChI is InChI=1S/C26H30N6/c1-6-32-25(19-9-7-17(2)8-10-19)24(18-11-13-30-14-12-18)31-26(32)23-21(28-4)15-20(27-3)16-22(23)29-5/h7-16,27-29H,6H2,1-5H3. The summed E-state index contributed by atoms with van der Waals surface area (Å²) in [5.41, 5.74) is 9.59. The molecule has 0 aliphatic rings. The number of imidazole rings is 1. The van der Waals surface area contributed by atoms with E-state index in [0.717, 1.165) is 57.5 Å². The number of aromatic nitrogens is 3. The van der Waals surface area contributed by atoms with Crippen molar-refractivity contribution in [2.45, 2.75) is 20.4 Å². The minimum absolute atomic E-state index is 0.788. The predicted molar refractivity (Wildman–Crippen MR) is 135 cm³/mol. The molecule has 0 bridgehead atoms. The van der Waals surface area contributed by atoms with Crippen LogP contribution in [0, 0.1) is 6.92 Å². The summed E-state index contributed by atoms with van der Waals surface area (Å²) in [5, 5.41) is 9.98. The van der Waals surface area contributed by atoms with E-state index < -0.39 is 0 Å². The van der Waals surface area contributed by atoms with Crippen molar-refractivity contribution in [3.05, 3.63) is 66.5 Å². The Hall–Kier alpha value is -3.80. The van der Waals surface area contributed by atoms with Gasteiger partial charge in [0.25, 0.3) is 0 Å². The second-order valence-electron chi connectivity index (χ2n) is 7.68. The average Bonchev–Trinajstić information content (AvgIpc) is 3.23. The Kier molecular flexibility index (Phi) is 6.12. The van der Waals surface area contributed by atoms with E-state index >= 15 is 0 Å². The highest BCUT2D eigenvalue weighted by atomic mass is 15.1. The fourth-order valence-electron chi connectivity index (χ4n) is 4.09. The molecule has 0 saturated heterocycles. The Morgan fingerprint density at radius 3 is 1.97 bits per heavy atom.